The van der Waals surface area contributed by atoms with Gasteiger partial charge >= 0.3 is 5.97 Å². The van der Waals surface area contributed by atoms with Crippen LogP contribution in [0.25, 0.3) is 0 Å². The lowest BCUT2D eigenvalue weighted by atomic mass is 10.0. The van der Waals surface area contributed by atoms with Crippen LogP contribution in [0.4, 0.5) is 0 Å². The Hall–Kier alpha value is -1.14. The first-order valence-corrected chi connectivity index (χ1v) is 43.3. The summed E-state index contributed by atoms with van der Waals surface area (Å²) in [6, 6.07) is -0.538. The number of ether oxygens (including phenoxy) is 1. The van der Waals surface area contributed by atoms with E-state index < -0.39 is 12.1 Å². The smallest absolute Gasteiger partial charge is 0.305 e. The van der Waals surface area contributed by atoms with Crippen LogP contribution in [-0.4, -0.2) is 47.4 Å². The summed E-state index contributed by atoms with van der Waals surface area (Å²) in [5, 5.41) is 23.5. The zero-order valence-corrected chi connectivity index (χ0v) is 63.3. The molecule has 0 aliphatic carbocycles. The van der Waals surface area contributed by atoms with E-state index in [0.29, 0.717) is 25.9 Å². The quantitative estimate of drug-likeness (QED) is 0.0417. The van der Waals surface area contributed by atoms with Crippen molar-refractivity contribution < 1.29 is 24.5 Å². The van der Waals surface area contributed by atoms with Gasteiger partial charge in [0.2, 0.25) is 5.91 Å². The van der Waals surface area contributed by atoms with Gasteiger partial charge in [0.05, 0.1) is 25.4 Å². The molecule has 0 spiro atoms. The van der Waals surface area contributed by atoms with Crippen molar-refractivity contribution in [3.63, 3.8) is 0 Å². The molecule has 0 aliphatic heterocycles. The normalized spacial score (nSPS) is 12.3. The summed E-state index contributed by atoms with van der Waals surface area (Å²) in [6.45, 7) is 5.02. The molecule has 0 rings (SSSR count). The summed E-state index contributed by atoms with van der Waals surface area (Å²) < 4.78 is 5.50. The maximum atomic E-state index is 12.6. The average Bonchev–Trinajstić information content (AvgIpc) is 3.67. The van der Waals surface area contributed by atoms with Crippen molar-refractivity contribution in [1.29, 1.82) is 0 Å². The molecule has 0 saturated carbocycles. The molecule has 92 heavy (non-hydrogen) atoms. The third-order valence-corrected chi connectivity index (χ3v) is 20.9. The standard InChI is InChI=1S/C86H171NO5/c1-3-5-7-9-11-13-15-17-18-19-20-21-22-36-39-42-45-48-51-55-58-62-66-70-74-78-84(89)83(82-88)87-85(90)79-75-71-67-63-59-56-52-49-46-43-40-37-34-32-30-28-26-24-23-25-27-29-31-33-35-38-41-44-47-50-53-57-61-65-69-73-77-81-92-86(91)80-76-72-68-64-60-54-16-14-12-10-8-6-4-2/h83-84,88-89H,3-82H2,1-2H3,(H,87,90). The first-order valence-electron chi connectivity index (χ1n) is 43.3. The molecule has 550 valence electrons. The van der Waals surface area contributed by atoms with Gasteiger partial charge in [-0.3, -0.25) is 9.59 Å². The fourth-order valence-corrected chi connectivity index (χ4v) is 14.4. The van der Waals surface area contributed by atoms with Gasteiger partial charge in [0, 0.05) is 12.8 Å². The summed E-state index contributed by atoms with van der Waals surface area (Å²) in [5.74, 6) is 0.00446. The van der Waals surface area contributed by atoms with Crippen LogP contribution in [-0.2, 0) is 14.3 Å². The molecule has 6 nitrogen and oxygen atoms in total. The zero-order valence-electron chi connectivity index (χ0n) is 63.3. The second-order valence-corrected chi connectivity index (χ2v) is 30.2. The molecule has 0 radical (unpaired) electrons. The van der Waals surface area contributed by atoms with Crippen LogP contribution in [0.3, 0.4) is 0 Å². The minimum atomic E-state index is -0.661. The van der Waals surface area contributed by atoms with Gasteiger partial charge in [-0.1, -0.05) is 476 Å². The number of esters is 1. The molecule has 3 N–H and O–H groups in total. The monoisotopic (exact) mass is 1300 g/mol. The van der Waals surface area contributed by atoms with Gasteiger partial charge in [-0.05, 0) is 25.7 Å². The predicted octanol–water partition coefficient (Wildman–Crippen LogP) is 28.8. The lowest BCUT2D eigenvalue weighted by Crippen LogP contribution is -2.45. The highest BCUT2D eigenvalue weighted by Gasteiger charge is 2.20. The first-order chi connectivity index (χ1) is 45.5. The molecule has 1 amide bonds. The van der Waals surface area contributed by atoms with Crippen LogP contribution in [0.5, 0.6) is 0 Å². The van der Waals surface area contributed by atoms with E-state index in [-0.39, 0.29) is 18.5 Å². The molecule has 0 aliphatic rings. The van der Waals surface area contributed by atoms with E-state index in [1.165, 1.54) is 443 Å². The summed E-state index contributed by atoms with van der Waals surface area (Å²) in [4.78, 5) is 24.7. The molecule has 2 atom stereocenters. The molecule has 0 aromatic rings. The van der Waals surface area contributed by atoms with E-state index in [1.807, 2.05) is 0 Å². The molecule has 0 bridgehead atoms. The molecule has 2 unspecified atom stereocenters. The highest BCUT2D eigenvalue weighted by atomic mass is 16.5. The highest BCUT2D eigenvalue weighted by molar-refractivity contribution is 5.76. The number of unbranched alkanes of at least 4 members (excludes halogenated alkanes) is 72. The number of carbonyl (C=O) groups is 2. The van der Waals surface area contributed by atoms with Crippen LogP contribution in [0.1, 0.15) is 515 Å². The lowest BCUT2D eigenvalue weighted by molar-refractivity contribution is -0.143. The summed E-state index contributed by atoms with van der Waals surface area (Å²) in [5.41, 5.74) is 0. The molecule has 0 fully saturated rings. The van der Waals surface area contributed by atoms with Crippen molar-refractivity contribution in [2.45, 2.75) is 527 Å². The van der Waals surface area contributed by atoms with E-state index in [2.05, 4.69) is 19.2 Å². The minimum absolute atomic E-state index is 0.0220. The Morgan fingerprint density at radius 2 is 0.446 bits per heavy atom. The van der Waals surface area contributed by atoms with Crippen LogP contribution < -0.4 is 5.32 Å². The second kappa shape index (κ2) is 82.3. The molecule has 0 heterocycles. The van der Waals surface area contributed by atoms with E-state index in [1.54, 1.807) is 0 Å². The maximum absolute atomic E-state index is 12.6. The molecule has 0 aromatic heterocycles. The molecule has 0 saturated heterocycles. The van der Waals surface area contributed by atoms with Crippen molar-refractivity contribution in [1.82, 2.24) is 5.32 Å². The molecule has 0 aromatic carbocycles. The van der Waals surface area contributed by atoms with Crippen molar-refractivity contribution >= 4 is 11.9 Å². The Morgan fingerprint density at radius 1 is 0.261 bits per heavy atom. The fourth-order valence-electron chi connectivity index (χ4n) is 14.4. The highest BCUT2D eigenvalue weighted by Crippen LogP contribution is 2.22. The topological polar surface area (TPSA) is 95.9 Å². The maximum Gasteiger partial charge on any atom is 0.305 e. The zero-order chi connectivity index (χ0) is 66.3. The number of aliphatic hydroxyl groups is 2. The third kappa shape index (κ3) is 77.9. The summed E-state index contributed by atoms with van der Waals surface area (Å²) in [7, 11) is 0. The van der Waals surface area contributed by atoms with Crippen molar-refractivity contribution in [2.75, 3.05) is 13.2 Å². The lowest BCUT2D eigenvalue weighted by Gasteiger charge is -2.22. The fraction of sp³-hybridized carbons (Fsp3) is 0.977. The Balaban J connectivity index is 3.30. The van der Waals surface area contributed by atoms with E-state index in [4.69, 9.17) is 4.74 Å². The Bertz CT molecular complexity index is 1360. The van der Waals surface area contributed by atoms with E-state index in [0.717, 1.165) is 38.5 Å². The number of carbonyl (C=O) groups excluding carboxylic acids is 2. The number of rotatable bonds is 83. The van der Waals surface area contributed by atoms with Gasteiger partial charge in [-0.25, -0.2) is 0 Å². The minimum Gasteiger partial charge on any atom is -0.466 e. The van der Waals surface area contributed by atoms with Gasteiger partial charge < -0.3 is 20.3 Å². The molecular weight excluding hydrogens is 1130 g/mol. The van der Waals surface area contributed by atoms with Gasteiger partial charge in [0.15, 0.2) is 0 Å². The van der Waals surface area contributed by atoms with Crippen molar-refractivity contribution in [2.24, 2.45) is 0 Å². The van der Waals surface area contributed by atoms with Crippen molar-refractivity contribution in [3.8, 4) is 0 Å². The summed E-state index contributed by atoms with van der Waals surface area (Å²) >= 11 is 0. The number of amides is 1. The van der Waals surface area contributed by atoms with Crippen molar-refractivity contribution in [3.05, 3.63) is 0 Å². The van der Waals surface area contributed by atoms with Gasteiger partial charge in [0.1, 0.15) is 0 Å². The van der Waals surface area contributed by atoms with Gasteiger partial charge in [-0.2, -0.15) is 0 Å². The van der Waals surface area contributed by atoms with Gasteiger partial charge in [0.25, 0.3) is 0 Å². The largest absolute Gasteiger partial charge is 0.466 e. The van der Waals surface area contributed by atoms with Crippen LogP contribution in [0, 0.1) is 0 Å². The first kappa shape index (κ1) is 90.9. The number of hydrogen-bond acceptors (Lipinski definition) is 5. The second-order valence-electron chi connectivity index (χ2n) is 30.2. The third-order valence-electron chi connectivity index (χ3n) is 20.9. The number of hydrogen-bond donors (Lipinski definition) is 3. The molecular formula is C86H171NO5. The number of aliphatic hydroxyl groups excluding tert-OH is 2. The number of nitrogens with one attached hydrogen (secondary N) is 1. The Labute approximate surface area is 578 Å². The average molecular weight is 1300 g/mol. The van der Waals surface area contributed by atoms with Crippen LogP contribution in [0.15, 0.2) is 0 Å². The van der Waals surface area contributed by atoms with Crippen LogP contribution in [0.2, 0.25) is 0 Å². The summed E-state index contributed by atoms with van der Waals surface area (Å²) in [6.07, 6.45) is 104. The SMILES string of the molecule is CCCCCCCCCCCCCCCCCCCCCCCCCCCC(O)C(CO)NC(=O)CCCCCCCCCCCCCCCCCCCCCCCCCCCCCCCCCCCCCCCOC(=O)CCCCCCCCCCCCCCC. The van der Waals surface area contributed by atoms with Crippen LogP contribution >= 0.6 is 0 Å². The Morgan fingerprint density at radius 3 is 0.663 bits per heavy atom. The Kier molecular flexibility index (Phi) is 81.3. The predicted molar refractivity (Wildman–Crippen MR) is 407 cm³/mol. The molecule has 6 heteroatoms. The van der Waals surface area contributed by atoms with Gasteiger partial charge in [-0.15, -0.1) is 0 Å². The van der Waals surface area contributed by atoms with E-state index >= 15 is 0 Å². The van der Waals surface area contributed by atoms with E-state index in [9.17, 15) is 19.8 Å².